The normalized spacial score (nSPS) is 14.7. The Hall–Kier alpha value is -2.36. The van der Waals surface area contributed by atoms with Gasteiger partial charge in [0.25, 0.3) is 0 Å². The summed E-state index contributed by atoms with van der Waals surface area (Å²) in [6.45, 7) is 1.16. The summed E-state index contributed by atoms with van der Waals surface area (Å²) in [4.78, 5) is 12.7. The lowest BCUT2D eigenvalue weighted by molar-refractivity contribution is 0.0929. The van der Waals surface area contributed by atoms with Crippen molar-refractivity contribution in [3.05, 3.63) is 17.8 Å². The second kappa shape index (κ2) is 4.65. The van der Waals surface area contributed by atoms with Gasteiger partial charge in [-0.1, -0.05) is 0 Å². The lowest BCUT2D eigenvalue weighted by Gasteiger charge is -2.38. The van der Waals surface area contributed by atoms with E-state index in [0.29, 0.717) is 18.9 Å². The number of rotatable bonds is 2. The van der Waals surface area contributed by atoms with Crippen molar-refractivity contribution in [2.24, 2.45) is 0 Å². The Morgan fingerprint density at radius 1 is 1.59 bits per heavy atom. The molecule has 2 heterocycles. The van der Waals surface area contributed by atoms with Gasteiger partial charge in [-0.2, -0.15) is 5.26 Å². The molecule has 7 heteroatoms. The first-order valence-electron chi connectivity index (χ1n) is 5.06. The number of likely N-dealkylation sites (tertiary alicyclic amines) is 1. The van der Waals surface area contributed by atoms with E-state index in [9.17, 15) is 4.79 Å². The van der Waals surface area contributed by atoms with Gasteiger partial charge in [0.2, 0.25) is 0 Å². The highest BCUT2D eigenvalue weighted by atomic mass is 16.5. The highest BCUT2D eigenvalue weighted by molar-refractivity contribution is 5.69. The number of hydrogen-bond donors (Lipinski definition) is 1. The van der Waals surface area contributed by atoms with Crippen molar-refractivity contribution in [1.29, 1.82) is 5.26 Å². The number of ether oxygens (including phenoxy) is 1. The van der Waals surface area contributed by atoms with Crippen LogP contribution in [0.4, 0.5) is 10.6 Å². The first-order valence-corrected chi connectivity index (χ1v) is 5.06. The van der Waals surface area contributed by atoms with Crippen LogP contribution < -0.4 is 5.32 Å². The lowest BCUT2D eigenvalue weighted by atomic mass is 10.1. The zero-order valence-corrected chi connectivity index (χ0v) is 9.25. The third-order valence-electron chi connectivity index (χ3n) is 2.45. The Kier molecular flexibility index (Phi) is 3.05. The van der Waals surface area contributed by atoms with Crippen LogP contribution in [-0.2, 0) is 4.74 Å². The first-order chi connectivity index (χ1) is 8.22. The van der Waals surface area contributed by atoms with Gasteiger partial charge in [0.15, 0.2) is 5.69 Å². The summed E-state index contributed by atoms with van der Waals surface area (Å²) in [5, 5.41) is 19.2. The summed E-state index contributed by atoms with van der Waals surface area (Å²) in [7, 11) is 1.36. The van der Waals surface area contributed by atoms with Crippen molar-refractivity contribution in [3.63, 3.8) is 0 Å². The molecule has 1 aliphatic heterocycles. The minimum absolute atomic E-state index is 0.149. The Labute approximate surface area is 98.0 Å². The second-order valence-electron chi connectivity index (χ2n) is 3.63. The van der Waals surface area contributed by atoms with Crippen LogP contribution >= 0.6 is 0 Å². The van der Waals surface area contributed by atoms with Gasteiger partial charge in [-0.15, -0.1) is 10.2 Å². The molecule has 0 radical (unpaired) electrons. The number of nitrogens with one attached hydrogen (secondary N) is 1. The maximum absolute atomic E-state index is 11.1. The van der Waals surface area contributed by atoms with E-state index in [-0.39, 0.29) is 17.8 Å². The second-order valence-corrected chi connectivity index (χ2v) is 3.63. The summed E-state index contributed by atoms with van der Waals surface area (Å²) in [6.07, 6.45) is -0.325. The lowest BCUT2D eigenvalue weighted by Crippen LogP contribution is -2.57. The Balaban J connectivity index is 1.84. The van der Waals surface area contributed by atoms with Crippen molar-refractivity contribution in [2.75, 3.05) is 25.5 Å². The molecule has 0 atom stereocenters. The predicted molar refractivity (Wildman–Crippen MR) is 58.1 cm³/mol. The van der Waals surface area contributed by atoms with Gasteiger partial charge in [-0.25, -0.2) is 4.79 Å². The van der Waals surface area contributed by atoms with E-state index < -0.39 is 0 Å². The maximum Gasteiger partial charge on any atom is 0.409 e. The third kappa shape index (κ3) is 2.42. The summed E-state index contributed by atoms with van der Waals surface area (Å²) in [6, 6.07) is 5.32. The monoisotopic (exact) mass is 233 g/mol. The van der Waals surface area contributed by atoms with Crippen molar-refractivity contribution in [3.8, 4) is 6.07 Å². The Morgan fingerprint density at radius 2 is 2.35 bits per heavy atom. The maximum atomic E-state index is 11.1. The number of carbonyl (C=O) groups is 1. The molecule has 1 amide bonds. The quantitative estimate of drug-likeness (QED) is 0.785. The molecular weight excluding hydrogens is 222 g/mol. The number of anilines is 1. The van der Waals surface area contributed by atoms with E-state index in [1.807, 2.05) is 6.07 Å². The molecule has 1 saturated heterocycles. The molecule has 0 unspecified atom stereocenters. The number of nitriles is 1. The van der Waals surface area contributed by atoms with E-state index in [2.05, 4.69) is 20.3 Å². The molecule has 17 heavy (non-hydrogen) atoms. The highest BCUT2D eigenvalue weighted by Crippen LogP contribution is 2.13. The molecule has 1 aromatic rings. The average Bonchev–Trinajstić information content (AvgIpc) is 2.33. The third-order valence-corrected chi connectivity index (χ3v) is 2.45. The van der Waals surface area contributed by atoms with Crippen LogP contribution in [-0.4, -0.2) is 47.4 Å². The smallest absolute Gasteiger partial charge is 0.409 e. The summed E-state index contributed by atoms with van der Waals surface area (Å²) < 4.78 is 4.58. The van der Waals surface area contributed by atoms with Crippen LogP contribution in [0.3, 0.4) is 0 Å². The SMILES string of the molecule is COC(=O)N1CC(Nc2ccc(C#N)nn2)C1. The van der Waals surface area contributed by atoms with Gasteiger partial charge in [-0.05, 0) is 12.1 Å². The fourth-order valence-corrected chi connectivity index (χ4v) is 1.53. The van der Waals surface area contributed by atoms with Crippen molar-refractivity contribution < 1.29 is 9.53 Å². The standard InChI is InChI=1S/C10H11N5O2/c1-17-10(16)15-5-8(6-15)12-9-3-2-7(4-11)13-14-9/h2-3,8H,5-6H2,1H3,(H,12,14). The van der Waals surface area contributed by atoms with Crippen molar-refractivity contribution in [2.45, 2.75) is 6.04 Å². The Morgan fingerprint density at radius 3 is 2.88 bits per heavy atom. The largest absolute Gasteiger partial charge is 0.453 e. The minimum atomic E-state index is -0.325. The minimum Gasteiger partial charge on any atom is -0.453 e. The van der Waals surface area contributed by atoms with Crippen molar-refractivity contribution >= 4 is 11.9 Å². The summed E-state index contributed by atoms with van der Waals surface area (Å²) in [5.41, 5.74) is 0.278. The van der Waals surface area contributed by atoms with E-state index >= 15 is 0 Å². The highest BCUT2D eigenvalue weighted by Gasteiger charge is 2.31. The first kappa shape index (κ1) is 11.1. The number of hydrogen-bond acceptors (Lipinski definition) is 6. The van der Waals surface area contributed by atoms with Crippen LogP contribution in [0.1, 0.15) is 5.69 Å². The fourth-order valence-electron chi connectivity index (χ4n) is 1.53. The number of amides is 1. The summed E-state index contributed by atoms with van der Waals surface area (Å²) in [5.74, 6) is 0.596. The molecule has 0 bridgehead atoms. The van der Waals surface area contributed by atoms with Gasteiger partial charge in [-0.3, -0.25) is 0 Å². The van der Waals surface area contributed by atoms with Crippen LogP contribution in [0.5, 0.6) is 0 Å². The van der Waals surface area contributed by atoms with Crippen molar-refractivity contribution in [1.82, 2.24) is 15.1 Å². The van der Waals surface area contributed by atoms with Gasteiger partial charge in [0, 0.05) is 13.1 Å². The molecule has 88 valence electrons. The van der Waals surface area contributed by atoms with Gasteiger partial charge in [0.1, 0.15) is 11.9 Å². The molecule has 1 aromatic heterocycles. The van der Waals surface area contributed by atoms with Gasteiger partial charge >= 0.3 is 6.09 Å². The molecule has 2 rings (SSSR count). The van der Waals surface area contributed by atoms with E-state index in [1.54, 1.807) is 17.0 Å². The molecule has 0 spiro atoms. The average molecular weight is 233 g/mol. The molecule has 1 N–H and O–H groups in total. The molecule has 7 nitrogen and oxygen atoms in total. The fraction of sp³-hybridized carbons (Fsp3) is 0.400. The number of nitrogens with zero attached hydrogens (tertiary/aromatic N) is 4. The summed E-state index contributed by atoms with van der Waals surface area (Å²) >= 11 is 0. The molecule has 1 fully saturated rings. The van der Waals surface area contributed by atoms with E-state index in [1.165, 1.54) is 7.11 Å². The van der Waals surface area contributed by atoms with Crippen LogP contribution in [0.2, 0.25) is 0 Å². The molecule has 0 saturated carbocycles. The number of methoxy groups -OCH3 is 1. The van der Waals surface area contributed by atoms with Crippen LogP contribution in [0.25, 0.3) is 0 Å². The van der Waals surface area contributed by atoms with Gasteiger partial charge < -0.3 is 15.0 Å². The Bertz CT molecular complexity index is 447. The van der Waals surface area contributed by atoms with E-state index in [4.69, 9.17) is 5.26 Å². The zero-order valence-electron chi connectivity index (χ0n) is 9.25. The van der Waals surface area contributed by atoms with Crippen LogP contribution in [0, 0.1) is 11.3 Å². The number of carbonyl (C=O) groups excluding carboxylic acids is 1. The van der Waals surface area contributed by atoms with Crippen LogP contribution in [0.15, 0.2) is 12.1 Å². The molecular formula is C10H11N5O2. The molecule has 0 aromatic carbocycles. The topological polar surface area (TPSA) is 91.1 Å². The predicted octanol–water partition coefficient (Wildman–Crippen LogP) is 0.211. The number of aromatic nitrogens is 2. The zero-order chi connectivity index (χ0) is 12.3. The molecule has 0 aliphatic carbocycles. The van der Waals surface area contributed by atoms with E-state index in [0.717, 1.165) is 0 Å². The molecule has 1 aliphatic rings. The van der Waals surface area contributed by atoms with Gasteiger partial charge in [0.05, 0.1) is 13.2 Å².